The lowest BCUT2D eigenvalue weighted by Crippen LogP contribution is -2.29. The van der Waals surface area contributed by atoms with Crippen LogP contribution in [0.5, 0.6) is 5.88 Å². The zero-order valence-corrected chi connectivity index (χ0v) is 18.3. The van der Waals surface area contributed by atoms with Crippen LogP contribution in [0.15, 0.2) is 24.5 Å². The second-order valence-corrected chi connectivity index (χ2v) is 8.77. The third kappa shape index (κ3) is 5.19. The van der Waals surface area contributed by atoms with E-state index in [1.807, 2.05) is 43.5 Å². The second-order valence-electron chi connectivity index (χ2n) is 8.77. The van der Waals surface area contributed by atoms with E-state index in [1.165, 1.54) is 12.8 Å². The normalized spacial score (nSPS) is 24.3. The molecule has 2 aromatic heterocycles. The molecule has 7 nitrogen and oxygen atoms in total. The number of rotatable bonds is 6. The van der Waals surface area contributed by atoms with E-state index >= 15 is 0 Å². The summed E-state index contributed by atoms with van der Waals surface area (Å²) in [6.45, 7) is 3.74. The second kappa shape index (κ2) is 9.60. The van der Waals surface area contributed by atoms with Crippen molar-refractivity contribution in [2.24, 2.45) is 5.92 Å². The maximum absolute atomic E-state index is 6.31. The van der Waals surface area contributed by atoms with Crippen molar-refractivity contribution >= 4 is 11.8 Å². The summed E-state index contributed by atoms with van der Waals surface area (Å²) in [6, 6.07) is 4.47. The summed E-state index contributed by atoms with van der Waals surface area (Å²) < 4.78 is 11.9. The molecule has 2 aromatic rings. The number of pyridine rings is 1. The molecule has 162 valence electrons. The number of ether oxygens (including phenoxy) is 2. The molecule has 0 bridgehead atoms. The third-order valence-corrected chi connectivity index (χ3v) is 6.02. The Hall–Kier alpha value is -2.41. The van der Waals surface area contributed by atoms with E-state index in [4.69, 9.17) is 14.5 Å². The minimum atomic E-state index is 0.0183. The number of nitrogens with zero attached hydrogens (tertiary/aromatic N) is 4. The SMILES string of the molecule is CC1CCC(Nc2ncc(-c3ccc(N(C)C)nc3)c(OC3CCCOC3)n2)CC1. The van der Waals surface area contributed by atoms with E-state index in [1.54, 1.807) is 0 Å². The molecule has 4 rings (SSSR count). The van der Waals surface area contributed by atoms with E-state index in [0.29, 0.717) is 24.5 Å². The lowest BCUT2D eigenvalue weighted by atomic mass is 9.87. The molecule has 0 amide bonds. The standard InChI is InChI=1S/C23H33N5O2/c1-16-6-9-18(10-7-16)26-23-25-14-20(17-8-11-21(24-13-17)28(2)3)22(27-23)30-19-5-4-12-29-15-19/h8,11,13-14,16,18-19H,4-7,9-10,12,15H2,1-3H3,(H,25,26,27). The molecule has 2 fully saturated rings. The van der Waals surface area contributed by atoms with Crippen molar-refractivity contribution in [1.29, 1.82) is 0 Å². The maximum atomic E-state index is 6.31. The van der Waals surface area contributed by atoms with Crippen LogP contribution >= 0.6 is 0 Å². The van der Waals surface area contributed by atoms with Gasteiger partial charge < -0.3 is 19.7 Å². The van der Waals surface area contributed by atoms with Gasteiger partial charge in [-0.1, -0.05) is 6.92 Å². The molecule has 1 N–H and O–H groups in total. The number of aromatic nitrogens is 3. The first kappa shape index (κ1) is 20.8. The first-order valence-corrected chi connectivity index (χ1v) is 11.1. The zero-order valence-electron chi connectivity index (χ0n) is 18.3. The summed E-state index contributed by atoms with van der Waals surface area (Å²) in [5, 5.41) is 3.53. The van der Waals surface area contributed by atoms with Crippen LogP contribution in [0.1, 0.15) is 45.4 Å². The smallest absolute Gasteiger partial charge is 0.226 e. The Balaban J connectivity index is 1.57. The van der Waals surface area contributed by atoms with Gasteiger partial charge in [0.2, 0.25) is 11.8 Å². The molecular formula is C23H33N5O2. The van der Waals surface area contributed by atoms with Crippen molar-refractivity contribution in [2.75, 3.05) is 37.5 Å². The summed E-state index contributed by atoms with van der Waals surface area (Å²) in [7, 11) is 3.96. The van der Waals surface area contributed by atoms with Gasteiger partial charge in [0.1, 0.15) is 11.9 Å². The van der Waals surface area contributed by atoms with Gasteiger partial charge >= 0.3 is 0 Å². The fraction of sp³-hybridized carbons (Fsp3) is 0.609. The Morgan fingerprint density at radius 3 is 2.57 bits per heavy atom. The summed E-state index contributed by atoms with van der Waals surface area (Å²) >= 11 is 0. The molecule has 0 radical (unpaired) electrons. The first-order chi connectivity index (χ1) is 14.6. The summed E-state index contributed by atoms with van der Waals surface area (Å²) in [6.07, 6.45) is 10.5. The Labute approximate surface area is 179 Å². The molecule has 0 spiro atoms. The lowest BCUT2D eigenvalue weighted by Gasteiger charge is -2.27. The topological polar surface area (TPSA) is 72.4 Å². The Morgan fingerprint density at radius 1 is 1.07 bits per heavy atom. The van der Waals surface area contributed by atoms with Gasteiger partial charge in [-0.15, -0.1) is 0 Å². The van der Waals surface area contributed by atoms with Gasteiger partial charge in [0, 0.05) is 44.7 Å². The van der Waals surface area contributed by atoms with Crippen molar-refractivity contribution in [3.63, 3.8) is 0 Å². The molecule has 1 atom stereocenters. The predicted molar refractivity (Wildman–Crippen MR) is 119 cm³/mol. The van der Waals surface area contributed by atoms with Crippen LogP contribution in [0.25, 0.3) is 11.1 Å². The van der Waals surface area contributed by atoms with E-state index < -0.39 is 0 Å². The minimum absolute atomic E-state index is 0.0183. The van der Waals surface area contributed by atoms with Crippen LogP contribution in [0.3, 0.4) is 0 Å². The average molecular weight is 412 g/mol. The highest BCUT2D eigenvalue weighted by molar-refractivity contribution is 5.68. The molecular weight excluding hydrogens is 378 g/mol. The Kier molecular flexibility index (Phi) is 6.67. The van der Waals surface area contributed by atoms with Gasteiger partial charge in [0.25, 0.3) is 0 Å². The molecule has 30 heavy (non-hydrogen) atoms. The van der Waals surface area contributed by atoms with Crippen molar-refractivity contribution < 1.29 is 9.47 Å². The van der Waals surface area contributed by atoms with Gasteiger partial charge in [-0.2, -0.15) is 4.98 Å². The van der Waals surface area contributed by atoms with E-state index in [0.717, 1.165) is 55.2 Å². The van der Waals surface area contributed by atoms with E-state index in [2.05, 4.69) is 22.2 Å². The van der Waals surface area contributed by atoms with E-state index in [9.17, 15) is 0 Å². The number of nitrogens with one attached hydrogen (secondary N) is 1. The van der Waals surface area contributed by atoms with Crippen molar-refractivity contribution in [1.82, 2.24) is 15.0 Å². The van der Waals surface area contributed by atoms with Gasteiger partial charge in [-0.05, 0) is 56.6 Å². The summed E-state index contributed by atoms with van der Waals surface area (Å²) in [4.78, 5) is 15.9. The van der Waals surface area contributed by atoms with E-state index in [-0.39, 0.29) is 6.10 Å². The number of hydrogen-bond donors (Lipinski definition) is 1. The first-order valence-electron chi connectivity index (χ1n) is 11.1. The highest BCUT2D eigenvalue weighted by Crippen LogP contribution is 2.32. The largest absolute Gasteiger partial charge is 0.471 e. The fourth-order valence-electron chi connectivity index (χ4n) is 4.08. The third-order valence-electron chi connectivity index (χ3n) is 6.02. The highest BCUT2D eigenvalue weighted by Gasteiger charge is 2.22. The quantitative estimate of drug-likeness (QED) is 0.765. The molecule has 3 heterocycles. The van der Waals surface area contributed by atoms with Crippen LogP contribution in [0.4, 0.5) is 11.8 Å². The zero-order chi connectivity index (χ0) is 20.9. The predicted octanol–water partition coefficient (Wildman–Crippen LogP) is 4.15. The highest BCUT2D eigenvalue weighted by atomic mass is 16.5. The lowest BCUT2D eigenvalue weighted by molar-refractivity contribution is 0.00578. The van der Waals surface area contributed by atoms with Crippen molar-refractivity contribution in [3.8, 4) is 17.0 Å². The average Bonchev–Trinajstić information content (AvgIpc) is 2.76. The van der Waals surface area contributed by atoms with Crippen molar-refractivity contribution in [3.05, 3.63) is 24.5 Å². The molecule has 1 unspecified atom stereocenters. The van der Waals surface area contributed by atoms with Crippen LogP contribution in [0, 0.1) is 5.92 Å². The molecule has 1 saturated carbocycles. The van der Waals surface area contributed by atoms with Gasteiger partial charge in [0.05, 0.1) is 12.2 Å². The van der Waals surface area contributed by atoms with Crippen LogP contribution in [-0.2, 0) is 4.74 Å². The summed E-state index contributed by atoms with van der Waals surface area (Å²) in [5.74, 6) is 2.97. The molecule has 7 heteroatoms. The fourth-order valence-corrected chi connectivity index (χ4v) is 4.08. The van der Waals surface area contributed by atoms with Crippen LogP contribution in [0.2, 0.25) is 0 Å². The molecule has 1 aliphatic carbocycles. The minimum Gasteiger partial charge on any atom is -0.471 e. The number of hydrogen-bond acceptors (Lipinski definition) is 7. The van der Waals surface area contributed by atoms with Crippen LogP contribution < -0.4 is 15.0 Å². The Bertz CT molecular complexity index is 813. The van der Waals surface area contributed by atoms with Gasteiger partial charge in [-0.3, -0.25) is 0 Å². The summed E-state index contributed by atoms with van der Waals surface area (Å²) in [5.41, 5.74) is 1.81. The molecule has 2 aliphatic rings. The van der Waals surface area contributed by atoms with Crippen molar-refractivity contribution in [2.45, 2.75) is 57.6 Å². The van der Waals surface area contributed by atoms with Crippen LogP contribution in [-0.4, -0.2) is 54.4 Å². The number of anilines is 2. The monoisotopic (exact) mass is 411 g/mol. The Morgan fingerprint density at radius 2 is 1.90 bits per heavy atom. The molecule has 1 aliphatic heterocycles. The van der Waals surface area contributed by atoms with Gasteiger partial charge in [0.15, 0.2) is 0 Å². The maximum Gasteiger partial charge on any atom is 0.226 e. The molecule has 0 aromatic carbocycles. The van der Waals surface area contributed by atoms with Gasteiger partial charge in [-0.25, -0.2) is 9.97 Å². The molecule has 1 saturated heterocycles.